The van der Waals surface area contributed by atoms with E-state index in [1.54, 1.807) is 0 Å². The molecule has 0 heterocycles. The van der Waals surface area contributed by atoms with Crippen molar-refractivity contribution in [2.24, 2.45) is 0 Å². The topological polar surface area (TPSA) is 9.23 Å². The van der Waals surface area contributed by atoms with Crippen molar-refractivity contribution in [1.29, 1.82) is 0 Å². The predicted molar refractivity (Wildman–Crippen MR) is 59.9 cm³/mol. The van der Waals surface area contributed by atoms with Gasteiger partial charge in [-0.25, -0.2) is 0 Å². The Kier molecular flexibility index (Phi) is 3.52. The maximum atomic E-state index is 5.64. The molecule has 0 saturated heterocycles. The fourth-order valence-corrected chi connectivity index (χ4v) is 2.16. The molecular formula is C8H9Cl3OSi. The molecule has 0 aromatic heterocycles. The van der Waals surface area contributed by atoms with Gasteiger partial charge < -0.3 is 4.43 Å². The van der Waals surface area contributed by atoms with Gasteiger partial charge in [0.1, 0.15) is 5.75 Å². The van der Waals surface area contributed by atoms with E-state index in [-0.39, 0.29) is 0 Å². The highest BCUT2D eigenvalue weighted by Crippen LogP contribution is 2.28. The molecule has 0 radical (unpaired) electrons. The molecule has 0 aliphatic heterocycles. The van der Waals surface area contributed by atoms with E-state index in [0.29, 0.717) is 5.75 Å². The zero-order valence-corrected chi connectivity index (χ0v) is 10.5. The number of benzene rings is 1. The standard InChI is InChI=1S/C8H9Cl3OSi/c1-6-3-4-7(2)8(5-6)12-13(9,10)11/h3-5H,1-2H3. The summed E-state index contributed by atoms with van der Waals surface area (Å²) in [6, 6.07) is 5.79. The van der Waals surface area contributed by atoms with Gasteiger partial charge in [-0.05, 0) is 31.0 Å². The Morgan fingerprint density at radius 2 is 1.77 bits per heavy atom. The minimum atomic E-state index is -3.04. The lowest BCUT2D eigenvalue weighted by molar-refractivity contribution is 0.590. The Labute approximate surface area is 92.8 Å². The molecule has 0 fully saturated rings. The average molecular weight is 256 g/mol. The van der Waals surface area contributed by atoms with Crippen LogP contribution in [0.15, 0.2) is 18.2 Å². The van der Waals surface area contributed by atoms with Crippen LogP contribution in [-0.2, 0) is 0 Å². The fraction of sp³-hybridized carbons (Fsp3) is 0.250. The molecule has 0 aliphatic rings. The van der Waals surface area contributed by atoms with Crippen molar-refractivity contribution < 1.29 is 4.43 Å². The summed E-state index contributed by atoms with van der Waals surface area (Å²) in [6.45, 7) is 3.88. The van der Waals surface area contributed by atoms with Crippen LogP contribution >= 0.6 is 33.2 Å². The first-order valence-corrected chi connectivity index (χ1v) is 8.66. The molecule has 0 unspecified atom stereocenters. The van der Waals surface area contributed by atoms with E-state index in [1.807, 2.05) is 32.0 Å². The Hall–Kier alpha value is 0.107. The first kappa shape index (κ1) is 11.2. The van der Waals surface area contributed by atoms with E-state index < -0.39 is 6.25 Å². The summed E-state index contributed by atoms with van der Waals surface area (Å²) >= 11 is 16.9. The van der Waals surface area contributed by atoms with E-state index in [1.165, 1.54) is 0 Å². The normalized spacial score (nSPS) is 11.5. The first-order valence-electron chi connectivity index (χ1n) is 3.71. The second-order valence-electron chi connectivity index (χ2n) is 2.82. The number of aryl methyl sites for hydroxylation is 2. The van der Waals surface area contributed by atoms with Gasteiger partial charge in [0, 0.05) is 0 Å². The molecule has 72 valence electrons. The lowest BCUT2D eigenvalue weighted by Crippen LogP contribution is -2.20. The smallest absolute Gasteiger partial charge is 0.508 e. The third kappa shape index (κ3) is 3.77. The Morgan fingerprint density at radius 1 is 1.15 bits per heavy atom. The van der Waals surface area contributed by atoms with Gasteiger partial charge in [-0.2, -0.15) is 0 Å². The van der Waals surface area contributed by atoms with Gasteiger partial charge in [0.2, 0.25) is 0 Å². The molecule has 1 nitrogen and oxygen atoms in total. The van der Waals surface area contributed by atoms with Crippen LogP contribution < -0.4 is 4.43 Å². The average Bonchev–Trinajstić information content (AvgIpc) is 1.94. The van der Waals surface area contributed by atoms with Crippen LogP contribution in [0.25, 0.3) is 0 Å². The zero-order chi connectivity index (χ0) is 10.1. The van der Waals surface area contributed by atoms with Crippen molar-refractivity contribution in [2.75, 3.05) is 0 Å². The van der Waals surface area contributed by atoms with Gasteiger partial charge in [0.15, 0.2) is 0 Å². The van der Waals surface area contributed by atoms with Crippen molar-refractivity contribution in [3.63, 3.8) is 0 Å². The number of hydrogen-bond donors (Lipinski definition) is 0. The van der Waals surface area contributed by atoms with Crippen LogP contribution in [0.2, 0.25) is 0 Å². The summed E-state index contributed by atoms with van der Waals surface area (Å²) in [6.07, 6.45) is -3.04. The highest BCUT2D eigenvalue weighted by Gasteiger charge is 2.30. The molecule has 0 N–H and O–H groups in total. The summed E-state index contributed by atoms with van der Waals surface area (Å²) < 4.78 is 5.25. The van der Waals surface area contributed by atoms with Crippen molar-refractivity contribution in [3.8, 4) is 5.75 Å². The monoisotopic (exact) mass is 254 g/mol. The third-order valence-corrected chi connectivity index (χ3v) is 2.72. The van der Waals surface area contributed by atoms with Gasteiger partial charge in [-0.15, -0.1) is 0 Å². The highest BCUT2D eigenvalue weighted by atomic mass is 35.8. The highest BCUT2D eigenvalue weighted by molar-refractivity contribution is 7.62. The fourth-order valence-electron chi connectivity index (χ4n) is 0.942. The Balaban J connectivity index is 2.94. The predicted octanol–water partition coefficient (Wildman–Crippen LogP) is 3.83. The molecule has 0 amide bonds. The van der Waals surface area contributed by atoms with Gasteiger partial charge in [-0.3, -0.25) is 0 Å². The molecule has 1 aromatic carbocycles. The third-order valence-electron chi connectivity index (χ3n) is 1.57. The van der Waals surface area contributed by atoms with Gasteiger partial charge >= 0.3 is 6.25 Å². The van der Waals surface area contributed by atoms with Crippen molar-refractivity contribution >= 4 is 39.5 Å². The molecule has 13 heavy (non-hydrogen) atoms. The van der Waals surface area contributed by atoms with Crippen LogP contribution in [0.5, 0.6) is 5.75 Å². The zero-order valence-electron chi connectivity index (χ0n) is 7.27. The van der Waals surface area contributed by atoms with E-state index in [9.17, 15) is 0 Å². The second-order valence-corrected chi connectivity index (χ2v) is 10.4. The number of hydrogen-bond acceptors (Lipinski definition) is 1. The lowest BCUT2D eigenvalue weighted by atomic mass is 10.1. The van der Waals surface area contributed by atoms with E-state index in [4.69, 9.17) is 37.7 Å². The van der Waals surface area contributed by atoms with E-state index in [2.05, 4.69) is 0 Å². The Bertz CT molecular complexity index is 309. The van der Waals surface area contributed by atoms with Crippen LogP contribution in [0.1, 0.15) is 11.1 Å². The van der Waals surface area contributed by atoms with Gasteiger partial charge in [-0.1, -0.05) is 45.4 Å². The molecule has 0 bridgehead atoms. The SMILES string of the molecule is Cc1ccc(C)c(O[Si](Cl)(Cl)Cl)c1. The van der Waals surface area contributed by atoms with E-state index in [0.717, 1.165) is 11.1 Å². The number of halogens is 3. The van der Waals surface area contributed by atoms with Crippen LogP contribution in [0.3, 0.4) is 0 Å². The summed E-state index contributed by atoms with van der Waals surface area (Å²) in [5.41, 5.74) is 2.06. The van der Waals surface area contributed by atoms with Crippen LogP contribution in [0, 0.1) is 13.8 Å². The summed E-state index contributed by atoms with van der Waals surface area (Å²) in [7, 11) is 0. The second kappa shape index (κ2) is 4.09. The molecule has 5 heteroatoms. The summed E-state index contributed by atoms with van der Waals surface area (Å²) in [5.74, 6) is 0.659. The van der Waals surface area contributed by atoms with Gasteiger partial charge in [0.05, 0.1) is 0 Å². The van der Waals surface area contributed by atoms with Crippen molar-refractivity contribution in [2.45, 2.75) is 13.8 Å². The van der Waals surface area contributed by atoms with Crippen molar-refractivity contribution in [1.82, 2.24) is 0 Å². The molecule has 1 aromatic rings. The quantitative estimate of drug-likeness (QED) is 0.576. The van der Waals surface area contributed by atoms with Crippen molar-refractivity contribution in [3.05, 3.63) is 29.3 Å². The maximum Gasteiger partial charge on any atom is 0.555 e. The number of rotatable bonds is 2. The Morgan fingerprint density at radius 3 is 2.31 bits per heavy atom. The molecular weight excluding hydrogens is 247 g/mol. The minimum Gasteiger partial charge on any atom is -0.508 e. The van der Waals surface area contributed by atoms with Crippen LogP contribution in [0.4, 0.5) is 0 Å². The molecule has 0 aliphatic carbocycles. The van der Waals surface area contributed by atoms with E-state index >= 15 is 0 Å². The molecule has 0 atom stereocenters. The molecule has 1 rings (SSSR count). The molecule has 0 saturated carbocycles. The molecule has 0 spiro atoms. The first-order chi connectivity index (χ1) is 5.88. The maximum absolute atomic E-state index is 5.64. The summed E-state index contributed by atoms with van der Waals surface area (Å²) in [4.78, 5) is 0. The largest absolute Gasteiger partial charge is 0.555 e. The minimum absolute atomic E-state index is 0.659. The lowest BCUT2D eigenvalue weighted by Gasteiger charge is -2.14. The summed E-state index contributed by atoms with van der Waals surface area (Å²) in [5, 5.41) is 0. The van der Waals surface area contributed by atoms with Gasteiger partial charge in [0.25, 0.3) is 0 Å². The van der Waals surface area contributed by atoms with Crippen LogP contribution in [-0.4, -0.2) is 6.25 Å².